The third-order valence-corrected chi connectivity index (χ3v) is 2.79. The van der Waals surface area contributed by atoms with E-state index in [9.17, 15) is 0 Å². The molecule has 18 heavy (non-hydrogen) atoms. The van der Waals surface area contributed by atoms with Crippen LogP contribution in [0, 0.1) is 6.92 Å². The van der Waals surface area contributed by atoms with Crippen LogP contribution in [0.3, 0.4) is 0 Å². The Bertz CT molecular complexity index is 550. The second-order valence-corrected chi connectivity index (χ2v) is 4.60. The maximum absolute atomic E-state index is 5.83. The third-order valence-electron chi connectivity index (χ3n) is 1.88. The van der Waals surface area contributed by atoms with Crippen LogP contribution in [-0.2, 0) is 0 Å². The first-order valence-electron chi connectivity index (χ1n) is 5.30. The number of anilines is 1. The largest absolute Gasteiger partial charge is 0.354 e. The normalized spacial score (nSPS) is 10.4. The van der Waals surface area contributed by atoms with Crippen molar-refractivity contribution in [2.75, 3.05) is 11.9 Å². The van der Waals surface area contributed by atoms with Gasteiger partial charge in [0.1, 0.15) is 0 Å². The number of hydrogen-bond donors (Lipinski definition) is 1. The third kappa shape index (κ3) is 3.51. The van der Waals surface area contributed by atoms with E-state index in [4.69, 9.17) is 11.6 Å². The topological polar surface area (TPSA) is 76.5 Å². The lowest BCUT2D eigenvalue weighted by molar-refractivity contribution is 0.879. The van der Waals surface area contributed by atoms with Crippen LogP contribution in [0.2, 0.25) is 5.28 Å². The molecule has 0 bridgehead atoms. The van der Waals surface area contributed by atoms with Crippen LogP contribution in [-0.4, -0.2) is 31.5 Å². The predicted octanol–water partition coefficient (Wildman–Crippen LogP) is 2.21. The molecule has 0 saturated carbocycles. The van der Waals surface area contributed by atoms with Crippen molar-refractivity contribution in [3.8, 4) is 0 Å². The summed E-state index contributed by atoms with van der Waals surface area (Å²) in [6, 6.07) is 1.83. The van der Waals surface area contributed by atoms with Crippen molar-refractivity contribution in [1.29, 1.82) is 0 Å². The molecular weight excluding hydrogens is 272 g/mol. The molecule has 0 unspecified atom stereocenters. The minimum Gasteiger partial charge on any atom is -0.354 e. The lowest BCUT2D eigenvalue weighted by Gasteiger charge is -2.03. The zero-order chi connectivity index (χ0) is 13.0. The molecule has 2 aromatic heterocycles. The first kappa shape index (κ1) is 13.0. The van der Waals surface area contributed by atoms with Crippen LogP contribution in [0.25, 0.3) is 0 Å². The number of aryl methyl sites for hydroxylation is 1. The van der Waals surface area contributed by atoms with E-state index in [1.54, 1.807) is 6.20 Å². The maximum atomic E-state index is 5.83. The molecule has 0 saturated heterocycles. The van der Waals surface area contributed by atoms with Crippen LogP contribution in [0.1, 0.15) is 12.6 Å². The van der Waals surface area contributed by atoms with E-state index < -0.39 is 0 Å². The van der Waals surface area contributed by atoms with Gasteiger partial charge >= 0.3 is 0 Å². The Hall–Kier alpha value is -1.47. The van der Waals surface area contributed by atoms with Crippen LogP contribution in [0.15, 0.2) is 22.6 Å². The molecule has 0 aliphatic carbocycles. The van der Waals surface area contributed by atoms with Crippen molar-refractivity contribution in [2.24, 2.45) is 0 Å². The van der Waals surface area contributed by atoms with Crippen molar-refractivity contribution >= 4 is 29.3 Å². The quantitative estimate of drug-likeness (QED) is 0.862. The maximum Gasteiger partial charge on any atom is 0.228 e. The highest BCUT2D eigenvalue weighted by molar-refractivity contribution is 7.99. The first-order valence-corrected chi connectivity index (χ1v) is 6.50. The smallest absolute Gasteiger partial charge is 0.228 e. The van der Waals surface area contributed by atoms with Crippen LogP contribution in [0.4, 0.5) is 5.95 Å². The van der Waals surface area contributed by atoms with Gasteiger partial charge in [0.15, 0.2) is 5.16 Å². The molecule has 0 radical (unpaired) electrons. The molecular formula is C10H11ClN6S. The second-order valence-electron chi connectivity index (χ2n) is 3.32. The molecule has 0 fully saturated rings. The van der Waals surface area contributed by atoms with Gasteiger partial charge in [-0.25, -0.2) is 9.97 Å². The summed E-state index contributed by atoms with van der Waals surface area (Å²) in [5, 5.41) is 4.19. The molecule has 0 aliphatic heterocycles. The number of rotatable bonds is 4. The van der Waals surface area contributed by atoms with Crippen molar-refractivity contribution in [3.05, 3.63) is 23.2 Å². The number of halogens is 1. The fraction of sp³-hybridized carbons (Fsp3) is 0.300. The van der Waals surface area contributed by atoms with Gasteiger partial charge in [0.2, 0.25) is 16.4 Å². The van der Waals surface area contributed by atoms with Crippen molar-refractivity contribution in [1.82, 2.24) is 24.9 Å². The minimum atomic E-state index is 0.149. The fourth-order valence-electron chi connectivity index (χ4n) is 1.17. The molecule has 2 rings (SSSR count). The molecule has 2 heterocycles. The zero-order valence-electron chi connectivity index (χ0n) is 9.88. The molecule has 2 aromatic rings. The second kappa shape index (κ2) is 5.92. The van der Waals surface area contributed by atoms with Gasteiger partial charge in [0.25, 0.3) is 0 Å². The summed E-state index contributed by atoms with van der Waals surface area (Å²) < 4.78 is 0. The average Bonchev–Trinajstić information content (AvgIpc) is 2.28. The fourth-order valence-corrected chi connectivity index (χ4v) is 2.11. The summed E-state index contributed by atoms with van der Waals surface area (Å²) in [5.74, 6) is 0.452. The zero-order valence-corrected chi connectivity index (χ0v) is 11.5. The van der Waals surface area contributed by atoms with Gasteiger partial charge in [-0.1, -0.05) is 0 Å². The average molecular weight is 283 g/mol. The van der Waals surface area contributed by atoms with Gasteiger partial charge in [-0.2, -0.15) is 15.0 Å². The Labute approximate surface area is 114 Å². The standard InChI is InChI=1S/C10H11ClN6S/c1-3-12-8-15-7(11)16-10(17-8)18-9-13-5-4-6(2)14-9/h4-5H,3H2,1-2H3,(H,12,15,16,17). The summed E-state index contributed by atoms with van der Waals surface area (Å²) in [4.78, 5) is 20.6. The lowest BCUT2D eigenvalue weighted by Crippen LogP contribution is -2.04. The van der Waals surface area contributed by atoms with E-state index in [0.29, 0.717) is 22.8 Å². The van der Waals surface area contributed by atoms with Crippen molar-refractivity contribution in [3.63, 3.8) is 0 Å². The Morgan fingerprint density at radius 2 is 2.06 bits per heavy atom. The van der Waals surface area contributed by atoms with Gasteiger partial charge in [-0.05, 0) is 43.3 Å². The number of hydrogen-bond acceptors (Lipinski definition) is 7. The minimum absolute atomic E-state index is 0.149. The first-order chi connectivity index (χ1) is 8.67. The van der Waals surface area contributed by atoms with Crippen LogP contribution < -0.4 is 5.32 Å². The highest BCUT2D eigenvalue weighted by Gasteiger charge is 2.08. The Morgan fingerprint density at radius 3 is 2.78 bits per heavy atom. The number of nitrogens with one attached hydrogen (secondary N) is 1. The summed E-state index contributed by atoms with van der Waals surface area (Å²) in [5.41, 5.74) is 0.888. The van der Waals surface area contributed by atoms with E-state index in [1.807, 2.05) is 19.9 Å². The molecule has 0 atom stereocenters. The van der Waals surface area contributed by atoms with E-state index >= 15 is 0 Å². The van der Waals surface area contributed by atoms with Crippen molar-refractivity contribution in [2.45, 2.75) is 24.2 Å². The van der Waals surface area contributed by atoms with Gasteiger partial charge in [-0.3, -0.25) is 0 Å². The molecule has 0 amide bonds. The monoisotopic (exact) mass is 282 g/mol. The molecule has 0 aromatic carbocycles. The van der Waals surface area contributed by atoms with Crippen LogP contribution >= 0.6 is 23.4 Å². The molecule has 6 nitrogen and oxygen atoms in total. The Morgan fingerprint density at radius 1 is 1.22 bits per heavy atom. The summed E-state index contributed by atoms with van der Waals surface area (Å²) >= 11 is 7.07. The molecule has 1 N–H and O–H groups in total. The lowest BCUT2D eigenvalue weighted by atomic mass is 10.5. The Kier molecular flexibility index (Phi) is 4.27. The molecule has 0 spiro atoms. The summed E-state index contributed by atoms with van der Waals surface area (Å²) in [6.45, 7) is 4.57. The number of nitrogens with zero attached hydrogens (tertiary/aromatic N) is 5. The molecule has 94 valence electrons. The van der Waals surface area contributed by atoms with Gasteiger partial charge in [-0.15, -0.1) is 0 Å². The SMILES string of the molecule is CCNc1nc(Cl)nc(Sc2nccc(C)n2)n1. The highest BCUT2D eigenvalue weighted by Crippen LogP contribution is 2.22. The number of aromatic nitrogens is 5. The van der Waals surface area contributed by atoms with Gasteiger partial charge in [0, 0.05) is 18.4 Å². The predicted molar refractivity (Wildman–Crippen MR) is 69.9 cm³/mol. The molecule has 0 aliphatic rings. The molecule has 8 heteroatoms. The highest BCUT2D eigenvalue weighted by atomic mass is 35.5. The van der Waals surface area contributed by atoms with Gasteiger partial charge in [0.05, 0.1) is 0 Å². The van der Waals surface area contributed by atoms with Gasteiger partial charge < -0.3 is 5.32 Å². The van der Waals surface area contributed by atoms with E-state index in [1.165, 1.54) is 11.8 Å². The Balaban J connectivity index is 2.23. The summed E-state index contributed by atoms with van der Waals surface area (Å²) in [7, 11) is 0. The summed E-state index contributed by atoms with van der Waals surface area (Å²) in [6.07, 6.45) is 1.69. The van der Waals surface area contributed by atoms with Crippen molar-refractivity contribution < 1.29 is 0 Å². The van der Waals surface area contributed by atoms with E-state index in [0.717, 1.165) is 5.69 Å². The van der Waals surface area contributed by atoms with E-state index in [-0.39, 0.29) is 5.28 Å². The van der Waals surface area contributed by atoms with Crippen LogP contribution in [0.5, 0.6) is 0 Å². The van der Waals surface area contributed by atoms with E-state index in [2.05, 4.69) is 30.2 Å².